The summed E-state index contributed by atoms with van der Waals surface area (Å²) in [5.74, 6) is 0.364. The van der Waals surface area contributed by atoms with Crippen molar-refractivity contribution in [2.45, 2.75) is 38.9 Å². The molecule has 7 heteroatoms. The molecule has 6 nitrogen and oxygen atoms in total. The lowest BCUT2D eigenvalue weighted by Crippen LogP contribution is -2.18. The zero-order valence-electron chi connectivity index (χ0n) is 12.7. The number of ether oxygens (including phenoxy) is 2. The van der Waals surface area contributed by atoms with Crippen molar-refractivity contribution in [3.05, 3.63) is 4.88 Å². The molecule has 21 heavy (non-hydrogen) atoms. The molecule has 1 unspecified atom stereocenters. The van der Waals surface area contributed by atoms with Crippen LogP contribution in [0.3, 0.4) is 0 Å². The molecule has 1 aromatic rings. The third-order valence-electron chi connectivity index (χ3n) is 3.20. The van der Waals surface area contributed by atoms with Crippen LogP contribution in [0.1, 0.15) is 36.4 Å². The summed E-state index contributed by atoms with van der Waals surface area (Å²) >= 11 is 1.32. The summed E-state index contributed by atoms with van der Waals surface area (Å²) in [4.78, 5) is 12.3. The molecule has 118 valence electrons. The van der Waals surface area contributed by atoms with Gasteiger partial charge in [0.15, 0.2) is 5.75 Å². The van der Waals surface area contributed by atoms with Crippen LogP contribution in [-0.4, -0.2) is 38.3 Å². The van der Waals surface area contributed by atoms with Crippen molar-refractivity contribution >= 4 is 27.9 Å². The minimum Gasteiger partial charge on any atom is -0.486 e. The van der Waals surface area contributed by atoms with E-state index < -0.39 is 0 Å². The standard InChI is InChI=1S/C14H23N3O3S/c1-8(2)20-11-10(15)12(13(18)16-3)21-14(11)17-7-9-5-4-6-19-9/h8-9,17H,4-7,15H2,1-3H3,(H,16,18). The van der Waals surface area contributed by atoms with E-state index in [-0.39, 0.29) is 18.1 Å². The van der Waals surface area contributed by atoms with E-state index in [1.54, 1.807) is 7.05 Å². The SMILES string of the molecule is CNC(=O)c1sc(NCC2CCCO2)c(OC(C)C)c1N. The summed E-state index contributed by atoms with van der Waals surface area (Å²) in [6.45, 7) is 5.38. The van der Waals surface area contributed by atoms with Gasteiger partial charge in [0.2, 0.25) is 0 Å². The van der Waals surface area contributed by atoms with E-state index in [2.05, 4.69) is 10.6 Å². The number of carbonyl (C=O) groups is 1. The van der Waals surface area contributed by atoms with E-state index >= 15 is 0 Å². The fourth-order valence-corrected chi connectivity index (χ4v) is 3.20. The molecule has 0 aliphatic carbocycles. The van der Waals surface area contributed by atoms with Gasteiger partial charge in [-0.3, -0.25) is 4.79 Å². The highest BCUT2D eigenvalue weighted by Gasteiger charge is 2.23. The number of amides is 1. The molecule has 1 amide bonds. The molecule has 0 bridgehead atoms. The Morgan fingerprint density at radius 1 is 1.57 bits per heavy atom. The molecule has 1 atom stereocenters. The van der Waals surface area contributed by atoms with Crippen molar-refractivity contribution in [3.63, 3.8) is 0 Å². The Kier molecular flexibility index (Phi) is 5.30. The maximum Gasteiger partial charge on any atom is 0.263 e. The lowest BCUT2D eigenvalue weighted by molar-refractivity contribution is 0.0967. The molecule has 1 aliphatic rings. The highest BCUT2D eigenvalue weighted by Crippen LogP contribution is 2.43. The van der Waals surface area contributed by atoms with E-state index in [0.29, 0.717) is 22.9 Å². The molecular weight excluding hydrogens is 290 g/mol. The number of rotatable bonds is 6. The van der Waals surface area contributed by atoms with E-state index in [9.17, 15) is 4.79 Å². The van der Waals surface area contributed by atoms with E-state index in [1.807, 2.05) is 13.8 Å². The summed E-state index contributed by atoms with van der Waals surface area (Å²) in [5.41, 5.74) is 6.46. The van der Waals surface area contributed by atoms with Crippen molar-refractivity contribution in [2.24, 2.45) is 0 Å². The molecule has 1 fully saturated rings. The minimum atomic E-state index is -0.198. The second-order valence-corrected chi connectivity index (χ2v) is 6.29. The Morgan fingerprint density at radius 3 is 2.90 bits per heavy atom. The summed E-state index contributed by atoms with van der Waals surface area (Å²) in [7, 11) is 1.59. The van der Waals surface area contributed by atoms with E-state index in [1.165, 1.54) is 11.3 Å². The van der Waals surface area contributed by atoms with Gasteiger partial charge in [0, 0.05) is 20.2 Å². The molecule has 1 saturated heterocycles. The second-order valence-electron chi connectivity index (χ2n) is 5.26. The monoisotopic (exact) mass is 313 g/mol. The van der Waals surface area contributed by atoms with Crippen LogP contribution in [0.5, 0.6) is 5.75 Å². The molecule has 0 radical (unpaired) electrons. The molecule has 0 saturated carbocycles. The van der Waals surface area contributed by atoms with Gasteiger partial charge in [0.05, 0.1) is 12.2 Å². The van der Waals surface area contributed by atoms with Crippen molar-refractivity contribution in [3.8, 4) is 5.75 Å². The first-order valence-corrected chi connectivity index (χ1v) is 8.01. The fraction of sp³-hybridized carbons (Fsp3) is 0.643. The normalized spacial score (nSPS) is 18.0. The van der Waals surface area contributed by atoms with Crippen LogP contribution >= 0.6 is 11.3 Å². The van der Waals surface area contributed by atoms with Gasteiger partial charge < -0.3 is 25.8 Å². The summed E-state index contributed by atoms with van der Waals surface area (Å²) in [5, 5.41) is 6.69. The van der Waals surface area contributed by atoms with Crippen molar-refractivity contribution < 1.29 is 14.3 Å². The first-order chi connectivity index (χ1) is 10.0. The van der Waals surface area contributed by atoms with Crippen LogP contribution in [0.4, 0.5) is 10.7 Å². The van der Waals surface area contributed by atoms with Crippen molar-refractivity contribution in [1.82, 2.24) is 5.32 Å². The topological polar surface area (TPSA) is 85.6 Å². The highest BCUT2D eigenvalue weighted by atomic mass is 32.1. The second kappa shape index (κ2) is 7.00. The molecule has 0 spiro atoms. The average Bonchev–Trinajstić information content (AvgIpc) is 3.06. The van der Waals surface area contributed by atoms with Crippen molar-refractivity contribution in [1.29, 1.82) is 0 Å². The quantitative estimate of drug-likeness (QED) is 0.748. The summed E-state index contributed by atoms with van der Waals surface area (Å²) in [6.07, 6.45) is 2.35. The Balaban J connectivity index is 2.17. The smallest absolute Gasteiger partial charge is 0.263 e. The molecule has 0 aromatic carbocycles. The van der Waals surface area contributed by atoms with Gasteiger partial charge in [0.1, 0.15) is 15.6 Å². The zero-order valence-corrected chi connectivity index (χ0v) is 13.5. The van der Waals surface area contributed by atoms with Crippen molar-refractivity contribution in [2.75, 3.05) is 31.2 Å². The van der Waals surface area contributed by atoms with Gasteiger partial charge >= 0.3 is 0 Å². The van der Waals surface area contributed by atoms with E-state index in [4.69, 9.17) is 15.2 Å². The van der Waals surface area contributed by atoms with Crippen LogP contribution in [0.15, 0.2) is 0 Å². The van der Waals surface area contributed by atoms with Crippen LogP contribution in [0, 0.1) is 0 Å². The van der Waals surface area contributed by atoms with Gasteiger partial charge in [-0.25, -0.2) is 0 Å². The Bertz CT molecular complexity index is 496. The summed E-state index contributed by atoms with van der Waals surface area (Å²) in [6, 6.07) is 0. The largest absolute Gasteiger partial charge is 0.486 e. The number of anilines is 2. The van der Waals surface area contributed by atoms with Crippen LogP contribution < -0.4 is 21.1 Å². The third-order valence-corrected chi connectivity index (χ3v) is 4.34. The first-order valence-electron chi connectivity index (χ1n) is 7.19. The van der Waals surface area contributed by atoms with E-state index in [0.717, 1.165) is 24.4 Å². The summed E-state index contributed by atoms with van der Waals surface area (Å²) < 4.78 is 11.4. The number of carbonyl (C=O) groups excluding carboxylic acids is 1. The van der Waals surface area contributed by atoms with Crippen LogP contribution in [0.25, 0.3) is 0 Å². The maximum absolute atomic E-state index is 11.9. The molecule has 1 aromatic heterocycles. The molecular formula is C14H23N3O3S. The molecule has 1 aliphatic heterocycles. The van der Waals surface area contributed by atoms with Gasteiger partial charge in [-0.15, -0.1) is 11.3 Å². The predicted molar refractivity (Wildman–Crippen MR) is 85.3 cm³/mol. The number of nitrogen functional groups attached to an aromatic ring is 1. The first kappa shape index (κ1) is 15.9. The molecule has 2 rings (SSSR count). The Morgan fingerprint density at radius 2 is 2.33 bits per heavy atom. The molecule has 2 heterocycles. The zero-order chi connectivity index (χ0) is 15.4. The number of nitrogens with two attached hydrogens (primary N) is 1. The highest BCUT2D eigenvalue weighted by molar-refractivity contribution is 7.19. The Labute approximate surface area is 129 Å². The van der Waals surface area contributed by atoms with Gasteiger partial charge in [-0.2, -0.15) is 0 Å². The fourth-order valence-electron chi connectivity index (χ4n) is 2.19. The average molecular weight is 313 g/mol. The number of nitrogens with one attached hydrogen (secondary N) is 2. The van der Waals surface area contributed by atoms with Crippen LogP contribution in [-0.2, 0) is 4.74 Å². The maximum atomic E-state index is 11.9. The van der Waals surface area contributed by atoms with Gasteiger partial charge in [-0.1, -0.05) is 0 Å². The number of thiophene rings is 1. The van der Waals surface area contributed by atoms with Gasteiger partial charge in [0.25, 0.3) is 5.91 Å². The Hall–Kier alpha value is -1.47. The third kappa shape index (κ3) is 3.79. The van der Waals surface area contributed by atoms with Crippen LogP contribution in [0.2, 0.25) is 0 Å². The lowest BCUT2D eigenvalue weighted by atomic mass is 10.2. The number of hydrogen-bond acceptors (Lipinski definition) is 6. The molecule has 4 N–H and O–H groups in total. The van der Waals surface area contributed by atoms with Gasteiger partial charge in [-0.05, 0) is 26.7 Å². The predicted octanol–water partition coefficient (Wildman–Crippen LogP) is 2.07. The lowest BCUT2D eigenvalue weighted by Gasteiger charge is -2.14. The minimum absolute atomic E-state index is 0.0114. The number of hydrogen-bond donors (Lipinski definition) is 3.